The summed E-state index contributed by atoms with van der Waals surface area (Å²) in [5.41, 5.74) is 0. The van der Waals surface area contributed by atoms with Gasteiger partial charge in [0.25, 0.3) is 15.2 Å². The molecule has 6 nitrogen and oxygen atoms in total. The first kappa shape index (κ1) is 15.1. The average molecular weight is 430 g/mol. The van der Waals surface area contributed by atoms with Crippen molar-refractivity contribution in [2.45, 2.75) is 25.0 Å². The van der Waals surface area contributed by atoms with Crippen LogP contribution in [0.2, 0.25) is 0 Å². The van der Waals surface area contributed by atoms with Crippen LogP contribution in [0.4, 0.5) is 0 Å². The molecule has 2 N–H and O–H groups in total. The summed E-state index contributed by atoms with van der Waals surface area (Å²) in [5, 5.41) is 12.6. The lowest BCUT2D eigenvalue weighted by atomic mass is 10.4. The van der Waals surface area contributed by atoms with Gasteiger partial charge in [-0.1, -0.05) is 6.92 Å². The Hall–Kier alpha value is -0.290. The molecule has 0 aliphatic rings. The molecule has 0 unspecified atom stereocenters. The summed E-state index contributed by atoms with van der Waals surface area (Å²) >= 11 is 8.22. The summed E-state index contributed by atoms with van der Waals surface area (Å²) < 4.78 is 26.3. The molecule has 2 rings (SSSR count). The van der Waals surface area contributed by atoms with E-state index in [4.69, 9.17) is 5.14 Å². The van der Waals surface area contributed by atoms with Crippen LogP contribution in [0.3, 0.4) is 0 Å². The van der Waals surface area contributed by atoms with Crippen molar-refractivity contribution in [3.8, 4) is 10.7 Å². The summed E-state index contributed by atoms with van der Waals surface area (Å²) in [7, 11) is -3.88. The highest BCUT2D eigenvalue weighted by molar-refractivity contribution is 9.13. The van der Waals surface area contributed by atoms with Crippen molar-refractivity contribution in [3.05, 3.63) is 14.3 Å². The minimum atomic E-state index is -3.88. The summed E-state index contributed by atoms with van der Waals surface area (Å²) in [5.74, 6) is 0.502. The second-order valence-electron chi connectivity index (χ2n) is 3.74. The van der Waals surface area contributed by atoms with E-state index in [-0.39, 0.29) is 5.16 Å². The Morgan fingerprint density at radius 1 is 1.42 bits per heavy atom. The van der Waals surface area contributed by atoms with Crippen LogP contribution in [0, 0.1) is 0 Å². The van der Waals surface area contributed by atoms with E-state index < -0.39 is 10.0 Å². The highest BCUT2D eigenvalue weighted by Gasteiger charge is 2.22. The molecule has 19 heavy (non-hydrogen) atoms. The standard InChI is InChI=1S/C9H10Br2N4O2S2/c1-2-3-15-8(6-4-5(10)7(11)18-6)13-14-9(15)19(12,16)17/h4H,2-3H2,1H3,(H2,12,16,17). The van der Waals surface area contributed by atoms with Gasteiger partial charge in [-0.25, -0.2) is 13.6 Å². The first-order valence-electron chi connectivity index (χ1n) is 5.25. The molecule has 104 valence electrons. The van der Waals surface area contributed by atoms with Crippen molar-refractivity contribution in [3.63, 3.8) is 0 Å². The van der Waals surface area contributed by atoms with E-state index >= 15 is 0 Å². The molecule has 0 aliphatic heterocycles. The Morgan fingerprint density at radius 3 is 2.58 bits per heavy atom. The molecule has 2 aromatic heterocycles. The maximum atomic E-state index is 11.5. The fraction of sp³-hybridized carbons (Fsp3) is 0.333. The third kappa shape index (κ3) is 3.07. The van der Waals surface area contributed by atoms with E-state index in [1.807, 2.05) is 13.0 Å². The van der Waals surface area contributed by atoms with Gasteiger partial charge in [-0.2, -0.15) is 0 Å². The molecule has 0 fully saturated rings. The number of halogens is 2. The molecule has 2 aromatic rings. The largest absolute Gasteiger partial charge is 0.296 e. The van der Waals surface area contributed by atoms with E-state index in [1.54, 1.807) is 0 Å². The average Bonchev–Trinajstić information content (AvgIpc) is 2.84. The van der Waals surface area contributed by atoms with Gasteiger partial charge in [-0.3, -0.25) is 4.57 Å². The highest BCUT2D eigenvalue weighted by atomic mass is 79.9. The van der Waals surface area contributed by atoms with Gasteiger partial charge >= 0.3 is 0 Å². The summed E-state index contributed by atoms with van der Waals surface area (Å²) in [4.78, 5) is 0.814. The fourth-order valence-electron chi connectivity index (χ4n) is 1.56. The normalized spacial score (nSPS) is 12.0. The molecule has 0 atom stereocenters. The predicted molar refractivity (Wildman–Crippen MR) is 80.4 cm³/mol. The minimum Gasteiger partial charge on any atom is -0.296 e. The predicted octanol–water partition coefficient (Wildman–Crippen LogP) is 2.59. The molecular formula is C9H10Br2N4O2S2. The monoisotopic (exact) mass is 428 g/mol. The molecule has 0 spiro atoms. The Labute approximate surface area is 131 Å². The van der Waals surface area contributed by atoms with Crippen molar-refractivity contribution < 1.29 is 8.42 Å². The number of nitrogens with zero attached hydrogens (tertiary/aromatic N) is 3. The molecule has 0 aliphatic carbocycles. The molecular weight excluding hydrogens is 420 g/mol. The van der Waals surface area contributed by atoms with Gasteiger partial charge in [-0.15, -0.1) is 21.5 Å². The van der Waals surface area contributed by atoms with Crippen LogP contribution >= 0.6 is 43.2 Å². The molecule has 0 amide bonds. The molecule has 0 radical (unpaired) electrons. The zero-order chi connectivity index (χ0) is 14.2. The van der Waals surface area contributed by atoms with Crippen LogP contribution < -0.4 is 5.14 Å². The van der Waals surface area contributed by atoms with Gasteiger partial charge in [0.2, 0.25) is 0 Å². The Balaban J connectivity index is 2.61. The maximum Gasteiger partial charge on any atom is 0.273 e. The van der Waals surface area contributed by atoms with Crippen molar-refractivity contribution in [1.29, 1.82) is 0 Å². The highest BCUT2D eigenvalue weighted by Crippen LogP contribution is 2.37. The Morgan fingerprint density at radius 2 is 2.11 bits per heavy atom. The molecule has 0 saturated heterocycles. The molecule has 0 bridgehead atoms. The summed E-state index contributed by atoms with van der Waals surface area (Å²) in [6.45, 7) is 2.43. The third-order valence-electron chi connectivity index (χ3n) is 2.28. The number of sulfonamides is 1. The van der Waals surface area contributed by atoms with Crippen molar-refractivity contribution in [2.24, 2.45) is 5.14 Å². The van der Waals surface area contributed by atoms with Gasteiger partial charge in [0, 0.05) is 11.0 Å². The molecule has 0 saturated carbocycles. The van der Waals surface area contributed by atoms with E-state index in [1.165, 1.54) is 15.9 Å². The first-order valence-corrected chi connectivity index (χ1v) is 9.20. The van der Waals surface area contributed by atoms with Gasteiger partial charge in [-0.05, 0) is 44.3 Å². The van der Waals surface area contributed by atoms with Crippen LogP contribution in [0.1, 0.15) is 13.3 Å². The molecule has 2 heterocycles. The second kappa shape index (κ2) is 5.60. The maximum absolute atomic E-state index is 11.5. The zero-order valence-electron chi connectivity index (χ0n) is 9.80. The molecule has 0 aromatic carbocycles. The number of primary sulfonamides is 1. The lowest BCUT2D eigenvalue weighted by molar-refractivity contribution is 0.560. The number of hydrogen-bond donors (Lipinski definition) is 1. The zero-order valence-corrected chi connectivity index (χ0v) is 14.6. The van der Waals surface area contributed by atoms with Crippen LogP contribution in [0.5, 0.6) is 0 Å². The van der Waals surface area contributed by atoms with Gasteiger partial charge in [0.15, 0.2) is 5.82 Å². The Kier molecular flexibility index (Phi) is 4.45. The van der Waals surface area contributed by atoms with Gasteiger partial charge in [0.1, 0.15) is 0 Å². The quantitative estimate of drug-likeness (QED) is 0.808. The van der Waals surface area contributed by atoms with Gasteiger partial charge < -0.3 is 0 Å². The van der Waals surface area contributed by atoms with Crippen molar-refractivity contribution in [1.82, 2.24) is 14.8 Å². The smallest absolute Gasteiger partial charge is 0.273 e. The first-order chi connectivity index (χ1) is 8.84. The number of nitrogens with two attached hydrogens (primary N) is 1. The minimum absolute atomic E-state index is 0.204. The van der Waals surface area contributed by atoms with E-state index in [2.05, 4.69) is 42.1 Å². The fourth-order valence-corrected chi connectivity index (χ4v) is 4.23. The van der Waals surface area contributed by atoms with E-state index in [0.717, 1.165) is 19.6 Å². The van der Waals surface area contributed by atoms with Crippen LogP contribution in [0.25, 0.3) is 10.7 Å². The van der Waals surface area contributed by atoms with Crippen molar-refractivity contribution >= 4 is 53.2 Å². The lowest BCUT2D eigenvalue weighted by Gasteiger charge is -2.05. The second-order valence-corrected chi connectivity index (χ2v) is 8.41. The lowest BCUT2D eigenvalue weighted by Crippen LogP contribution is -2.18. The van der Waals surface area contributed by atoms with Crippen molar-refractivity contribution in [2.75, 3.05) is 0 Å². The van der Waals surface area contributed by atoms with Gasteiger partial charge in [0.05, 0.1) is 8.66 Å². The summed E-state index contributed by atoms with van der Waals surface area (Å²) in [6.07, 6.45) is 0.751. The Bertz CT molecular complexity index is 688. The number of aromatic nitrogens is 3. The molecule has 10 heteroatoms. The van der Waals surface area contributed by atoms with Crippen LogP contribution in [-0.4, -0.2) is 23.2 Å². The van der Waals surface area contributed by atoms with Crippen LogP contribution in [-0.2, 0) is 16.6 Å². The summed E-state index contributed by atoms with van der Waals surface area (Å²) in [6, 6.07) is 1.86. The van der Waals surface area contributed by atoms with E-state index in [0.29, 0.717) is 12.4 Å². The van der Waals surface area contributed by atoms with E-state index in [9.17, 15) is 8.42 Å². The third-order valence-corrected chi connectivity index (χ3v) is 6.35. The number of thiophene rings is 1. The SMILES string of the molecule is CCCn1c(-c2cc(Br)c(Br)s2)nnc1S(N)(=O)=O. The topological polar surface area (TPSA) is 90.9 Å². The number of hydrogen-bond acceptors (Lipinski definition) is 5. The van der Waals surface area contributed by atoms with Crippen LogP contribution in [0.15, 0.2) is 19.5 Å². The number of rotatable bonds is 4.